The second kappa shape index (κ2) is 6.93. The van der Waals surface area contributed by atoms with Crippen molar-refractivity contribution in [3.05, 3.63) is 21.9 Å². The molecule has 0 aliphatic carbocycles. The molecule has 0 spiro atoms. The molecule has 1 amide bonds. The summed E-state index contributed by atoms with van der Waals surface area (Å²) in [7, 11) is 0. The summed E-state index contributed by atoms with van der Waals surface area (Å²) in [6.07, 6.45) is 3.13. The number of hydrogen-bond acceptors (Lipinski definition) is 3. The molecule has 4 heteroatoms. The van der Waals surface area contributed by atoms with Gasteiger partial charge in [-0.15, -0.1) is 11.3 Å². The van der Waals surface area contributed by atoms with Crippen LogP contribution in [0.2, 0.25) is 0 Å². The Hall–Kier alpha value is -0.870. The lowest BCUT2D eigenvalue weighted by Gasteiger charge is -2.29. The number of carbonyl (C=O) groups is 1. The Labute approximate surface area is 132 Å². The zero-order valence-electron chi connectivity index (χ0n) is 13.8. The zero-order chi connectivity index (χ0) is 15.6. The number of amides is 1. The minimum atomic E-state index is -0.0308. The van der Waals surface area contributed by atoms with Crippen molar-refractivity contribution < 1.29 is 4.79 Å². The minimum Gasteiger partial charge on any atom is -0.318 e. The average molecular weight is 308 g/mol. The standard InChI is InChI=1S/C17H28N2OS/c1-6-7-12(4)19-16(15-9-8-13(5)21-15)18-14(17(19)20)10-11(2)3/h8-9,11-12,14,16,18H,6-7,10H2,1-5H3. The zero-order valence-corrected chi connectivity index (χ0v) is 14.7. The van der Waals surface area contributed by atoms with Gasteiger partial charge in [-0.05, 0) is 44.7 Å². The van der Waals surface area contributed by atoms with Crippen molar-refractivity contribution in [2.24, 2.45) is 5.92 Å². The molecule has 118 valence electrons. The maximum Gasteiger partial charge on any atom is 0.241 e. The summed E-state index contributed by atoms with van der Waals surface area (Å²) in [5, 5.41) is 3.58. The molecule has 0 bridgehead atoms. The van der Waals surface area contributed by atoms with E-state index in [4.69, 9.17) is 0 Å². The van der Waals surface area contributed by atoms with Gasteiger partial charge in [0, 0.05) is 15.8 Å². The summed E-state index contributed by atoms with van der Waals surface area (Å²) in [6, 6.07) is 4.56. The number of hydrogen-bond donors (Lipinski definition) is 1. The molecule has 3 unspecified atom stereocenters. The average Bonchev–Trinajstić information content (AvgIpc) is 2.94. The molecule has 3 atom stereocenters. The number of rotatable bonds is 6. The molecule has 0 saturated carbocycles. The molecule has 0 aromatic carbocycles. The van der Waals surface area contributed by atoms with Crippen LogP contribution in [0.4, 0.5) is 0 Å². The highest BCUT2D eigenvalue weighted by Gasteiger charge is 2.42. The summed E-state index contributed by atoms with van der Waals surface area (Å²) >= 11 is 1.79. The van der Waals surface area contributed by atoms with Gasteiger partial charge in [0.1, 0.15) is 6.17 Å². The van der Waals surface area contributed by atoms with E-state index in [1.165, 1.54) is 9.75 Å². The van der Waals surface area contributed by atoms with Crippen molar-refractivity contribution in [2.75, 3.05) is 0 Å². The van der Waals surface area contributed by atoms with Gasteiger partial charge in [-0.2, -0.15) is 0 Å². The van der Waals surface area contributed by atoms with E-state index < -0.39 is 0 Å². The van der Waals surface area contributed by atoms with E-state index in [-0.39, 0.29) is 18.1 Å². The van der Waals surface area contributed by atoms with Gasteiger partial charge in [0.15, 0.2) is 0 Å². The molecular weight excluding hydrogens is 280 g/mol. The van der Waals surface area contributed by atoms with Crippen molar-refractivity contribution in [1.29, 1.82) is 0 Å². The van der Waals surface area contributed by atoms with Gasteiger partial charge in [-0.25, -0.2) is 0 Å². The SMILES string of the molecule is CCCC(C)N1C(=O)C(CC(C)C)NC1c1ccc(C)s1. The second-order valence-corrected chi connectivity index (χ2v) is 7.90. The van der Waals surface area contributed by atoms with Crippen LogP contribution in [0.25, 0.3) is 0 Å². The highest BCUT2D eigenvalue weighted by atomic mass is 32.1. The van der Waals surface area contributed by atoms with Crippen LogP contribution in [-0.4, -0.2) is 22.9 Å². The highest BCUT2D eigenvalue weighted by Crippen LogP contribution is 2.34. The molecule has 1 saturated heterocycles. The molecule has 1 aromatic heterocycles. The van der Waals surface area contributed by atoms with Crippen LogP contribution in [0.3, 0.4) is 0 Å². The molecule has 1 aliphatic heterocycles. The van der Waals surface area contributed by atoms with Crippen molar-refractivity contribution >= 4 is 17.2 Å². The van der Waals surface area contributed by atoms with Crippen molar-refractivity contribution in [2.45, 2.75) is 72.1 Å². The number of nitrogens with one attached hydrogen (secondary N) is 1. The Kier molecular flexibility index (Phi) is 5.44. The van der Waals surface area contributed by atoms with Crippen LogP contribution >= 0.6 is 11.3 Å². The highest BCUT2D eigenvalue weighted by molar-refractivity contribution is 7.12. The normalized spacial score (nSPS) is 24.1. The van der Waals surface area contributed by atoms with Crippen LogP contribution in [0, 0.1) is 12.8 Å². The van der Waals surface area contributed by atoms with Gasteiger partial charge in [-0.3, -0.25) is 10.1 Å². The van der Waals surface area contributed by atoms with Crippen LogP contribution in [-0.2, 0) is 4.79 Å². The summed E-state index contributed by atoms with van der Waals surface area (Å²) < 4.78 is 0. The number of carbonyl (C=O) groups excluding carboxylic acids is 1. The summed E-state index contributed by atoms with van der Waals surface area (Å²) in [4.78, 5) is 17.5. The Morgan fingerprint density at radius 2 is 2.05 bits per heavy atom. The first kappa shape index (κ1) is 16.5. The quantitative estimate of drug-likeness (QED) is 0.858. The lowest BCUT2D eigenvalue weighted by atomic mass is 10.0. The van der Waals surface area contributed by atoms with Crippen LogP contribution in [0.5, 0.6) is 0 Å². The predicted molar refractivity (Wildman–Crippen MR) is 89.4 cm³/mol. The number of nitrogens with zero attached hydrogens (tertiary/aromatic N) is 1. The Bertz CT molecular complexity index is 483. The van der Waals surface area contributed by atoms with Crippen molar-refractivity contribution in [3.8, 4) is 0 Å². The fourth-order valence-corrected chi connectivity index (χ4v) is 4.07. The first-order chi connectivity index (χ1) is 9.93. The lowest BCUT2D eigenvalue weighted by molar-refractivity contribution is -0.132. The van der Waals surface area contributed by atoms with Crippen molar-refractivity contribution in [3.63, 3.8) is 0 Å². The topological polar surface area (TPSA) is 32.3 Å². The minimum absolute atomic E-state index is 0.0308. The largest absolute Gasteiger partial charge is 0.318 e. The molecule has 3 nitrogen and oxygen atoms in total. The summed E-state index contributed by atoms with van der Waals surface area (Å²) in [5.74, 6) is 0.805. The van der Waals surface area contributed by atoms with E-state index in [9.17, 15) is 4.79 Å². The number of aryl methyl sites for hydroxylation is 1. The van der Waals surface area contributed by atoms with Crippen LogP contribution < -0.4 is 5.32 Å². The first-order valence-electron chi connectivity index (χ1n) is 8.08. The Balaban J connectivity index is 2.24. The Morgan fingerprint density at radius 1 is 1.33 bits per heavy atom. The third kappa shape index (κ3) is 3.67. The van der Waals surface area contributed by atoms with Gasteiger partial charge in [-0.1, -0.05) is 27.2 Å². The molecule has 1 fully saturated rings. The van der Waals surface area contributed by atoms with Gasteiger partial charge in [0.25, 0.3) is 0 Å². The van der Waals surface area contributed by atoms with Gasteiger partial charge < -0.3 is 4.90 Å². The molecule has 1 aromatic rings. The maximum atomic E-state index is 12.8. The molecule has 2 rings (SSSR count). The van der Waals surface area contributed by atoms with Gasteiger partial charge >= 0.3 is 0 Å². The predicted octanol–water partition coefficient (Wildman–Crippen LogP) is 4.09. The molecular formula is C17H28N2OS. The van der Waals surface area contributed by atoms with Gasteiger partial charge in [0.05, 0.1) is 6.04 Å². The van der Waals surface area contributed by atoms with Gasteiger partial charge in [0.2, 0.25) is 5.91 Å². The third-order valence-electron chi connectivity index (χ3n) is 4.11. The molecule has 2 heterocycles. The Morgan fingerprint density at radius 3 is 2.57 bits per heavy atom. The van der Waals surface area contributed by atoms with E-state index >= 15 is 0 Å². The van der Waals surface area contributed by atoms with Crippen LogP contribution in [0.15, 0.2) is 12.1 Å². The molecule has 1 aliphatic rings. The van der Waals surface area contributed by atoms with E-state index in [2.05, 4.69) is 57.0 Å². The molecule has 21 heavy (non-hydrogen) atoms. The molecule has 1 N–H and O–H groups in total. The molecule has 0 radical (unpaired) electrons. The summed E-state index contributed by atoms with van der Waals surface area (Å²) in [6.45, 7) is 10.8. The summed E-state index contributed by atoms with van der Waals surface area (Å²) in [5.41, 5.74) is 0. The van der Waals surface area contributed by atoms with E-state index in [0.717, 1.165) is 19.3 Å². The van der Waals surface area contributed by atoms with E-state index in [0.29, 0.717) is 12.0 Å². The number of thiophene rings is 1. The maximum absolute atomic E-state index is 12.8. The third-order valence-corrected chi connectivity index (χ3v) is 5.16. The first-order valence-corrected chi connectivity index (χ1v) is 8.90. The lowest BCUT2D eigenvalue weighted by Crippen LogP contribution is -2.38. The fourth-order valence-electron chi connectivity index (χ4n) is 3.14. The van der Waals surface area contributed by atoms with Crippen LogP contribution in [0.1, 0.15) is 62.9 Å². The smallest absolute Gasteiger partial charge is 0.241 e. The van der Waals surface area contributed by atoms with E-state index in [1.54, 1.807) is 11.3 Å². The fraction of sp³-hybridized carbons (Fsp3) is 0.706. The van der Waals surface area contributed by atoms with E-state index in [1.807, 2.05) is 0 Å². The second-order valence-electron chi connectivity index (χ2n) is 6.58. The van der Waals surface area contributed by atoms with Crippen molar-refractivity contribution in [1.82, 2.24) is 10.2 Å². The monoisotopic (exact) mass is 308 g/mol.